The number of methoxy groups -OCH3 is 1. The first-order valence-electron chi connectivity index (χ1n) is 7.14. The summed E-state index contributed by atoms with van der Waals surface area (Å²) in [5.74, 6) is -1.93. The van der Waals surface area contributed by atoms with Crippen molar-refractivity contribution in [1.29, 1.82) is 0 Å². The van der Waals surface area contributed by atoms with Gasteiger partial charge >= 0.3 is 6.03 Å². The molecule has 124 valence electrons. The number of aliphatic hydroxyl groups is 1. The Morgan fingerprint density at radius 3 is 2.68 bits per heavy atom. The summed E-state index contributed by atoms with van der Waals surface area (Å²) < 4.78 is 31.2. The van der Waals surface area contributed by atoms with Gasteiger partial charge in [-0.2, -0.15) is 0 Å². The number of hydrogen-bond donors (Lipinski definition) is 3. The first-order chi connectivity index (χ1) is 10.5. The van der Waals surface area contributed by atoms with Gasteiger partial charge in [0.1, 0.15) is 0 Å². The van der Waals surface area contributed by atoms with Crippen LogP contribution in [0.15, 0.2) is 18.2 Å². The minimum atomic E-state index is -0.980. The van der Waals surface area contributed by atoms with Crippen LogP contribution < -0.4 is 10.6 Å². The molecular weight excluding hydrogens is 294 g/mol. The Hall–Kier alpha value is -1.73. The van der Waals surface area contributed by atoms with Crippen LogP contribution in [0.5, 0.6) is 0 Å². The fourth-order valence-corrected chi connectivity index (χ4v) is 1.88. The minimum Gasteiger partial charge on any atom is -0.393 e. The zero-order valence-corrected chi connectivity index (χ0v) is 12.7. The van der Waals surface area contributed by atoms with E-state index in [9.17, 15) is 18.7 Å². The van der Waals surface area contributed by atoms with E-state index in [1.54, 1.807) is 0 Å². The summed E-state index contributed by atoms with van der Waals surface area (Å²) >= 11 is 0. The van der Waals surface area contributed by atoms with Crippen LogP contribution in [0, 0.1) is 11.6 Å². The number of ether oxygens (including phenoxy) is 1. The predicted molar refractivity (Wildman–Crippen MR) is 78.4 cm³/mol. The van der Waals surface area contributed by atoms with Gasteiger partial charge in [-0.05, 0) is 30.5 Å². The molecule has 22 heavy (non-hydrogen) atoms. The molecule has 0 aliphatic carbocycles. The Labute approximate surface area is 128 Å². The van der Waals surface area contributed by atoms with Crippen molar-refractivity contribution in [3.05, 3.63) is 35.4 Å². The zero-order chi connectivity index (χ0) is 16.5. The molecule has 0 spiro atoms. The fourth-order valence-electron chi connectivity index (χ4n) is 1.88. The molecule has 1 aromatic carbocycles. The van der Waals surface area contributed by atoms with Crippen molar-refractivity contribution in [1.82, 2.24) is 10.6 Å². The average Bonchev–Trinajstić information content (AvgIpc) is 2.49. The van der Waals surface area contributed by atoms with Crippen LogP contribution in [0.2, 0.25) is 0 Å². The number of carbonyl (C=O) groups is 1. The first kappa shape index (κ1) is 18.3. The smallest absolute Gasteiger partial charge is 0.315 e. The van der Waals surface area contributed by atoms with E-state index in [-0.39, 0.29) is 6.61 Å². The lowest BCUT2D eigenvalue weighted by Crippen LogP contribution is -2.40. The summed E-state index contributed by atoms with van der Waals surface area (Å²) in [7, 11) is 1.45. The highest BCUT2D eigenvalue weighted by atomic mass is 19.2. The molecule has 1 rings (SSSR count). The van der Waals surface area contributed by atoms with Gasteiger partial charge < -0.3 is 20.5 Å². The van der Waals surface area contributed by atoms with Crippen molar-refractivity contribution in [2.45, 2.75) is 31.9 Å². The predicted octanol–water partition coefficient (Wildman–Crippen LogP) is 2.11. The van der Waals surface area contributed by atoms with Gasteiger partial charge in [-0.25, -0.2) is 13.6 Å². The number of amides is 2. The molecule has 7 heteroatoms. The van der Waals surface area contributed by atoms with Gasteiger partial charge in [-0.1, -0.05) is 13.0 Å². The molecular formula is C15H22F2N2O3. The average molecular weight is 316 g/mol. The van der Waals surface area contributed by atoms with Gasteiger partial charge in [0.2, 0.25) is 0 Å². The van der Waals surface area contributed by atoms with Gasteiger partial charge in [0, 0.05) is 13.7 Å². The third-order valence-electron chi connectivity index (χ3n) is 3.22. The van der Waals surface area contributed by atoms with Gasteiger partial charge in [-0.15, -0.1) is 0 Å². The van der Waals surface area contributed by atoms with Crippen LogP contribution in [0.3, 0.4) is 0 Å². The molecule has 0 aliphatic rings. The molecule has 0 fully saturated rings. The highest BCUT2D eigenvalue weighted by Crippen LogP contribution is 2.16. The monoisotopic (exact) mass is 316 g/mol. The quantitative estimate of drug-likeness (QED) is 0.688. The first-order valence-corrected chi connectivity index (χ1v) is 7.14. The summed E-state index contributed by atoms with van der Waals surface area (Å²) in [6.07, 6.45) is 0.607. The topological polar surface area (TPSA) is 70.6 Å². The number of benzene rings is 1. The van der Waals surface area contributed by atoms with E-state index in [0.717, 1.165) is 12.1 Å². The van der Waals surface area contributed by atoms with E-state index in [1.807, 2.05) is 6.92 Å². The zero-order valence-electron chi connectivity index (χ0n) is 12.7. The molecule has 0 bridgehead atoms. The second kappa shape index (κ2) is 9.32. The third kappa shape index (κ3) is 5.95. The molecule has 2 atom stereocenters. The minimum absolute atomic E-state index is 0.121. The summed E-state index contributed by atoms with van der Waals surface area (Å²) in [6.45, 7) is 2.29. The SMILES string of the molecule is CCC(O)CCNC(=O)NC(COC)c1ccc(F)c(F)c1. The van der Waals surface area contributed by atoms with Crippen molar-refractivity contribution >= 4 is 6.03 Å². The molecule has 0 saturated heterocycles. The van der Waals surface area contributed by atoms with Crippen LogP contribution in [0.25, 0.3) is 0 Å². The molecule has 5 nitrogen and oxygen atoms in total. The molecule has 2 amide bonds. The van der Waals surface area contributed by atoms with E-state index in [4.69, 9.17) is 4.74 Å². The number of halogens is 2. The Morgan fingerprint density at radius 2 is 2.09 bits per heavy atom. The molecule has 3 N–H and O–H groups in total. The molecule has 0 saturated carbocycles. The molecule has 0 aromatic heterocycles. The van der Waals surface area contributed by atoms with Crippen LogP contribution in [0.1, 0.15) is 31.4 Å². The normalized spacial score (nSPS) is 13.5. The lowest BCUT2D eigenvalue weighted by atomic mass is 10.1. The summed E-state index contributed by atoms with van der Waals surface area (Å²) in [6, 6.07) is 2.36. The van der Waals surface area contributed by atoms with Crippen LogP contribution in [-0.2, 0) is 4.74 Å². The number of carbonyl (C=O) groups excluding carboxylic acids is 1. The van der Waals surface area contributed by atoms with E-state index in [0.29, 0.717) is 24.9 Å². The molecule has 2 unspecified atom stereocenters. The summed E-state index contributed by atoms with van der Waals surface area (Å²) in [4.78, 5) is 11.8. The lowest BCUT2D eigenvalue weighted by Gasteiger charge is -2.19. The maximum absolute atomic E-state index is 13.3. The van der Waals surface area contributed by atoms with Crippen molar-refractivity contribution in [2.24, 2.45) is 0 Å². The van der Waals surface area contributed by atoms with Crippen LogP contribution >= 0.6 is 0 Å². The largest absolute Gasteiger partial charge is 0.393 e. The lowest BCUT2D eigenvalue weighted by molar-refractivity contribution is 0.156. The van der Waals surface area contributed by atoms with E-state index in [2.05, 4.69) is 10.6 Å². The van der Waals surface area contributed by atoms with Gasteiger partial charge in [-0.3, -0.25) is 0 Å². The molecule has 0 aliphatic heterocycles. The number of rotatable bonds is 8. The molecule has 0 radical (unpaired) electrons. The van der Waals surface area contributed by atoms with Gasteiger partial charge in [0.15, 0.2) is 11.6 Å². The standard InChI is InChI=1S/C15H22F2N2O3/c1-3-11(20)6-7-18-15(21)19-14(9-22-2)10-4-5-12(16)13(17)8-10/h4-5,8,11,14,20H,3,6-7,9H2,1-2H3,(H2,18,19,21). The highest BCUT2D eigenvalue weighted by Gasteiger charge is 2.16. The van der Waals surface area contributed by atoms with Crippen molar-refractivity contribution in [2.75, 3.05) is 20.3 Å². The Morgan fingerprint density at radius 1 is 1.36 bits per heavy atom. The second-order valence-electron chi connectivity index (χ2n) is 4.93. The Balaban J connectivity index is 2.59. The second-order valence-corrected chi connectivity index (χ2v) is 4.93. The van der Waals surface area contributed by atoms with Crippen molar-refractivity contribution in [3.63, 3.8) is 0 Å². The number of urea groups is 1. The molecule has 1 aromatic rings. The van der Waals surface area contributed by atoms with E-state index in [1.165, 1.54) is 13.2 Å². The fraction of sp³-hybridized carbons (Fsp3) is 0.533. The summed E-state index contributed by atoms with van der Waals surface area (Å²) in [5.41, 5.74) is 0.407. The van der Waals surface area contributed by atoms with Crippen molar-refractivity contribution < 1.29 is 23.4 Å². The van der Waals surface area contributed by atoms with Crippen LogP contribution in [0.4, 0.5) is 13.6 Å². The third-order valence-corrected chi connectivity index (χ3v) is 3.22. The Kier molecular flexibility index (Phi) is 7.76. The van der Waals surface area contributed by atoms with Crippen LogP contribution in [-0.4, -0.2) is 37.5 Å². The Bertz CT molecular complexity index is 486. The highest BCUT2D eigenvalue weighted by molar-refractivity contribution is 5.74. The number of hydrogen-bond acceptors (Lipinski definition) is 3. The molecule has 0 heterocycles. The van der Waals surface area contributed by atoms with Gasteiger partial charge in [0.25, 0.3) is 0 Å². The summed E-state index contributed by atoms with van der Waals surface area (Å²) in [5, 5.41) is 14.6. The van der Waals surface area contributed by atoms with E-state index < -0.39 is 29.8 Å². The van der Waals surface area contributed by atoms with E-state index >= 15 is 0 Å². The maximum Gasteiger partial charge on any atom is 0.315 e. The maximum atomic E-state index is 13.3. The van der Waals surface area contributed by atoms with Crippen molar-refractivity contribution in [3.8, 4) is 0 Å². The number of nitrogens with one attached hydrogen (secondary N) is 2. The van der Waals surface area contributed by atoms with Gasteiger partial charge in [0.05, 0.1) is 18.8 Å². The number of aliphatic hydroxyl groups excluding tert-OH is 1.